The minimum absolute atomic E-state index is 0.0213. The minimum atomic E-state index is -0.167. The van der Waals surface area contributed by atoms with E-state index in [0.717, 1.165) is 28.1 Å². The van der Waals surface area contributed by atoms with E-state index < -0.39 is 0 Å². The molecule has 0 saturated heterocycles. The molecular formula is C21H20ClN3O2S. The number of H-pyrrole nitrogens is 1. The van der Waals surface area contributed by atoms with Crippen LogP contribution in [0, 0.1) is 6.92 Å². The zero-order valence-corrected chi connectivity index (χ0v) is 17.1. The highest BCUT2D eigenvalue weighted by molar-refractivity contribution is 8.01. The molecule has 1 amide bonds. The maximum Gasteiger partial charge on any atom is 0.238 e. The zero-order valence-electron chi connectivity index (χ0n) is 15.5. The number of hydrogen-bond acceptors (Lipinski definition) is 4. The molecule has 1 aromatic heterocycles. The van der Waals surface area contributed by atoms with E-state index in [2.05, 4.69) is 15.5 Å². The van der Waals surface area contributed by atoms with Crippen molar-refractivity contribution in [3.05, 3.63) is 75.9 Å². The third-order valence-electron chi connectivity index (χ3n) is 4.71. The largest absolute Gasteiger partial charge is 0.489 e. The molecule has 0 aliphatic carbocycles. The quantitative estimate of drug-likeness (QED) is 0.623. The van der Waals surface area contributed by atoms with Gasteiger partial charge in [-0.05, 0) is 49.2 Å². The highest BCUT2D eigenvalue weighted by atomic mass is 35.5. The molecule has 2 N–H and O–H groups in total. The monoisotopic (exact) mass is 413 g/mol. The van der Waals surface area contributed by atoms with Crippen LogP contribution in [0.25, 0.3) is 0 Å². The molecule has 0 spiro atoms. The van der Waals surface area contributed by atoms with Crippen LogP contribution in [0.4, 0.5) is 5.82 Å². The molecule has 0 fully saturated rings. The predicted molar refractivity (Wildman–Crippen MR) is 113 cm³/mol. The molecule has 28 heavy (non-hydrogen) atoms. The Bertz CT molecular complexity index is 986. The van der Waals surface area contributed by atoms with Crippen molar-refractivity contribution < 1.29 is 9.53 Å². The molecule has 0 unspecified atom stereocenters. The van der Waals surface area contributed by atoms with Crippen LogP contribution in [0.1, 0.15) is 34.6 Å². The van der Waals surface area contributed by atoms with E-state index in [1.165, 1.54) is 0 Å². The number of aromatic amines is 1. The van der Waals surface area contributed by atoms with Crippen LogP contribution < -0.4 is 10.1 Å². The molecule has 0 saturated carbocycles. The van der Waals surface area contributed by atoms with Crippen molar-refractivity contribution in [1.82, 2.24) is 10.2 Å². The van der Waals surface area contributed by atoms with Gasteiger partial charge in [0.05, 0.1) is 10.5 Å². The van der Waals surface area contributed by atoms with Gasteiger partial charge in [-0.1, -0.05) is 35.9 Å². The van der Waals surface area contributed by atoms with Crippen LogP contribution >= 0.6 is 23.4 Å². The molecule has 0 bridgehead atoms. The van der Waals surface area contributed by atoms with Gasteiger partial charge in [0.1, 0.15) is 12.4 Å². The van der Waals surface area contributed by atoms with E-state index in [-0.39, 0.29) is 16.4 Å². The van der Waals surface area contributed by atoms with Crippen LogP contribution in [0.5, 0.6) is 5.75 Å². The fourth-order valence-electron chi connectivity index (χ4n) is 3.14. The second-order valence-corrected chi connectivity index (χ2v) is 8.63. The Morgan fingerprint density at radius 2 is 1.86 bits per heavy atom. The highest BCUT2D eigenvalue weighted by Crippen LogP contribution is 2.44. The third-order valence-corrected chi connectivity index (χ3v) is 6.36. The second kappa shape index (κ2) is 7.89. The summed E-state index contributed by atoms with van der Waals surface area (Å²) in [6.07, 6.45) is 0. The molecule has 2 aromatic carbocycles. The number of nitrogens with one attached hydrogen (secondary N) is 2. The average Bonchev–Trinajstić information content (AvgIpc) is 2.99. The molecule has 7 heteroatoms. The molecule has 144 valence electrons. The summed E-state index contributed by atoms with van der Waals surface area (Å²) in [4.78, 5) is 12.2. The fraction of sp³-hybridized carbons (Fsp3) is 0.238. The number of carbonyl (C=O) groups excluding carboxylic acids is 1. The number of hydrogen-bond donors (Lipinski definition) is 2. The number of ether oxygens (including phenoxy) is 1. The van der Waals surface area contributed by atoms with Crippen LogP contribution in [-0.4, -0.2) is 21.4 Å². The first-order chi connectivity index (χ1) is 13.5. The standard InChI is InChI=1S/C21H20ClN3O2S/c1-12-18-19(28-13(2)21(26)23-20(18)25-24-12)15-5-9-17(10-6-15)27-11-14-3-7-16(22)8-4-14/h3-10,13,19H,11H2,1-2H3,(H2,23,24,25,26)/t13-,19-/m0/s1. The fourth-order valence-corrected chi connectivity index (χ4v) is 4.59. The number of anilines is 1. The zero-order chi connectivity index (χ0) is 19.7. The Morgan fingerprint density at radius 1 is 1.14 bits per heavy atom. The number of fused-ring (bicyclic) bond motifs is 1. The van der Waals surface area contributed by atoms with Gasteiger partial charge in [0.25, 0.3) is 0 Å². The minimum Gasteiger partial charge on any atom is -0.489 e. The van der Waals surface area contributed by atoms with Crippen molar-refractivity contribution in [3.63, 3.8) is 0 Å². The number of carbonyl (C=O) groups is 1. The number of rotatable bonds is 4. The maximum absolute atomic E-state index is 12.2. The summed E-state index contributed by atoms with van der Waals surface area (Å²) in [6.45, 7) is 4.38. The van der Waals surface area contributed by atoms with Gasteiger partial charge in [0, 0.05) is 16.3 Å². The van der Waals surface area contributed by atoms with E-state index >= 15 is 0 Å². The van der Waals surface area contributed by atoms with Crippen molar-refractivity contribution in [1.29, 1.82) is 0 Å². The first kappa shape index (κ1) is 18.9. The smallest absolute Gasteiger partial charge is 0.238 e. The Labute approximate surface area is 172 Å². The first-order valence-electron chi connectivity index (χ1n) is 8.99. The van der Waals surface area contributed by atoms with Crippen molar-refractivity contribution >= 4 is 35.1 Å². The van der Waals surface area contributed by atoms with Crippen LogP contribution in [0.3, 0.4) is 0 Å². The number of halogens is 1. The van der Waals surface area contributed by atoms with Gasteiger partial charge in [-0.25, -0.2) is 0 Å². The number of nitrogens with zero attached hydrogens (tertiary/aromatic N) is 1. The lowest BCUT2D eigenvalue weighted by molar-refractivity contribution is -0.115. The lowest BCUT2D eigenvalue weighted by Gasteiger charge is -2.18. The number of thioether (sulfide) groups is 1. The molecular weight excluding hydrogens is 394 g/mol. The predicted octanol–water partition coefficient (Wildman–Crippen LogP) is 5.11. The van der Waals surface area contributed by atoms with E-state index in [4.69, 9.17) is 16.3 Å². The molecule has 5 nitrogen and oxygen atoms in total. The Morgan fingerprint density at radius 3 is 2.57 bits per heavy atom. The summed E-state index contributed by atoms with van der Waals surface area (Å²) in [5.74, 6) is 1.39. The Hall–Kier alpha value is -2.44. The van der Waals surface area contributed by atoms with Crippen LogP contribution in [0.2, 0.25) is 5.02 Å². The van der Waals surface area contributed by atoms with Crippen molar-refractivity contribution in [2.75, 3.05) is 5.32 Å². The van der Waals surface area contributed by atoms with Gasteiger partial charge in [0.2, 0.25) is 5.91 Å². The summed E-state index contributed by atoms with van der Waals surface area (Å²) in [5, 5.41) is 10.7. The summed E-state index contributed by atoms with van der Waals surface area (Å²) < 4.78 is 5.88. The van der Waals surface area contributed by atoms with Gasteiger partial charge in [0.15, 0.2) is 5.82 Å². The van der Waals surface area contributed by atoms with E-state index in [1.807, 2.05) is 62.4 Å². The van der Waals surface area contributed by atoms with Gasteiger partial charge < -0.3 is 10.1 Å². The lowest BCUT2D eigenvalue weighted by atomic mass is 10.0. The number of amides is 1. The average molecular weight is 414 g/mol. The van der Waals surface area contributed by atoms with Crippen LogP contribution in [-0.2, 0) is 11.4 Å². The molecule has 1 aliphatic heterocycles. The normalized spacial score (nSPS) is 18.9. The van der Waals surface area contributed by atoms with E-state index in [0.29, 0.717) is 17.4 Å². The number of benzene rings is 2. The number of aryl methyl sites for hydroxylation is 1. The maximum atomic E-state index is 12.2. The third kappa shape index (κ3) is 3.88. The molecule has 1 aliphatic rings. The van der Waals surface area contributed by atoms with Gasteiger partial charge in [-0.15, -0.1) is 11.8 Å². The summed E-state index contributed by atoms with van der Waals surface area (Å²) in [6, 6.07) is 15.6. The van der Waals surface area contributed by atoms with Crippen LogP contribution in [0.15, 0.2) is 48.5 Å². The van der Waals surface area contributed by atoms with Crippen molar-refractivity contribution in [2.45, 2.75) is 31.0 Å². The molecule has 2 atom stereocenters. The van der Waals surface area contributed by atoms with Gasteiger partial charge in [-0.2, -0.15) is 5.10 Å². The van der Waals surface area contributed by atoms with Gasteiger partial charge in [-0.3, -0.25) is 9.89 Å². The molecule has 0 radical (unpaired) electrons. The summed E-state index contributed by atoms with van der Waals surface area (Å²) in [7, 11) is 0. The Kier molecular flexibility index (Phi) is 5.33. The molecule has 2 heterocycles. The Balaban J connectivity index is 1.53. The number of aromatic nitrogens is 2. The SMILES string of the molecule is Cc1[nH]nc2c1[C@H](c1ccc(OCc3ccc(Cl)cc3)cc1)S[C@@H](C)C(=O)N2. The topological polar surface area (TPSA) is 67.0 Å². The summed E-state index contributed by atoms with van der Waals surface area (Å²) >= 11 is 7.54. The lowest BCUT2D eigenvalue weighted by Crippen LogP contribution is -2.21. The van der Waals surface area contributed by atoms with E-state index in [1.54, 1.807) is 11.8 Å². The van der Waals surface area contributed by atoms with Crippen molar-refractivity contribution in [3.8, 4) is 5.75 Å². The molecule has 4 rings (SSSR count). The van der Waals surface area contributed by atoms with E-state index in [9.17, 15) is 4.79 Å². The van der Waals surface area contributed by atoms with Gasteiger partial charge >= 0.3 is 0 Å². The molecule has 3 aromatic rings. The summed E-state index contributed by atoms with van der Waals surface area (Å²) in [5.41, 5.74) is 4.16. The van der Waals surface area contributed by atoms with Crippen molar-refractivity contribution in [2.24, 2.45) is 0 Å². The first-order valence-corrected chi connectivity index (χ1v) is 10.3. The second-order valence-electron chi connectivity index (χ2n) is 6.74. The highest BCUT2D eigenvalue weighted by Gasteiger charge is 2.32.